The molecule has 0 aromatic rings. The third kappa shape index (κ3) is 0.724. The second-order valence-electron chi connectivity index (χ2n) is 2.42. The molecule has 0 aliphatic carbocycles. The topological polar surface area (TPSA) is 36.8 Å². The molecule has 2 heterocycles. The summed E-state index contributed by atoms with van der Waals surface area (Å²) in [6.45, 7) is 0.856. The zero-order valence-corrected chi connectivity index (χ0v) is 5.12. The first-order chi connectivity index (χ1) is 4.47. The van der Waals surface area contributed by atoms with Gasteiger partial charge in [-0.3, -0.25) is 0 Å². The molecule has 1 N–H and O–H groups in total. The first-order valence-corrected chi connectivity index (χ1v) is 3.24. The highest BCUT2D eigenvalue weighted by molar-refractivity contribution is 5.01. The summed E-state index contributed by atoms with van der Waals surface area (Å²) < 4.78 is 0. The van der Waals surface area contributed by atoms with Gasteiger partial charge in [-0.15, -0.1) is 0 Å². The molecule has 9 heavy (non-hydrogen) atoms. The van der Waals surface area contributed by atoms with E-state index in [2.05, 4.69) is 21.6 Å². The molecular weight excluding hydrogens is 114 g/mol. The molecule has 0 saturated heterocycles. The minimum absolute atomic E-state index is 0.426. The molecule has 0 amide bonds. The van der Waals surface area contributed by atoms with Crippen molar-refractivity contribution in [3.63, 3.8) is 0 Å². The first-order valence-electron chi connectivity index (χ1n) is 3.24. The summed E-state index contributed by atoms with van der Waals surface area (Å²) >= 11 is 0. The summed E-state index contributed by atoms with van der Waals surface area (Å²) in [4.78, 5) is 0. The summed E-state index contributed by atoms with van der Waals surface area (Å²) in [5.74, 6) is 0. The lowest BCUT2D eigenvalue weighted by Gasteiger charge is -2.18. The van der Waals surface area contributed by atoms with Crippen LogP contribution in [0.4, 0.5) is 0 Å². The fraction of sp³-hybridized carbons (Fsp3) is 0.667. The van der Waals surface area contributed by atoms with E-state index in [-0.39, 0.29) is 0 Å². The summed E-state index contributed by atoms with van der Waals surface area (Å²) in [5, 5.41) is 11.2. The Morgan fingerprint density at radius 3 is 3.44 bits per heavy atom. The van der Waals surface area contributed by atoms with Gasteiger partial charge in [0, 0.05) is 0 Å². The van der Waals surface area contributed by atoms with E-state index in [9.17, 15) is 0 Å². The van der Waals surface area contributed by atoms with Crippen LogP contribution in [0.2, 0.25) is 0 Å². The van der Waals surface area contributed by atoms with Crippen LogP contribution in [0.25, 0.3) is 0 Å². The number of rotatable bonds is 0. The molecule has 3 heteroatoms. The second-order valence-corrected chi connectivity index (χ2v) is 2.42. The molecule has 0 aromatic carbocycles. The molecule has 0 bridgehead atoms. The molecule has 2 unspecified atom stereocenters. The van der Waals surface area contributed by atoms with Crippen LogP contribution in [0.15, 0.2) is 22.5 Å². The van der Waals surface area contributed by atoms with Crippen LogP contribution >= 0.6 is 0 Å². The number of fused-ring (bicyclic) bond motifs is 1. The van der Waals surface area contributed by atoms with E-state index in [0.717, 1.165) is 13.0 Å². The predicted molar refractivity (Wildman–Crippen MR) is 34.2 cm³/mol. The smallest absolute Gasteiger partial charge is 0.0962 e. The van der Waals surface area contributed by atoms with Gasteiger partial charge >= 0.3 is 0 Å². The van der Waals surface area contributed by atoms with Crippen LogP contribution in [-0.4, -0.2) is 18.6 Å². The van der Waals surface area contributed by atoms with Gasteiger partial charge in [0.1, 0.15) is 0 Å². The number of nitrogens with zero attached hydrogens (tertiary/aromatic N) is 2. The lowest BCUT2D eigenvalue weighted by atomic mass is 10.1. The molecule has 3 nitrogen and oxygen atoms in total. The quantitative estimate of drug-likeness (QED) is 0.505. The molecule has 2 aliphatic heterocycles. The third-order valence-electron chi connectivity index (χ3n) is 1.78. The van der Waals surface area contributed by atoms with E-state index in [0.29, 0.717) is 12.1 Å². The highest BCUT2D eigenvalue weighted by Crippen LogP contribution is 2.15. The predicted octanol–water partition coefficient (Wildman–Crippen LogP) is 0.696. The van der Waals surface area contributed by atoms with Crippen molar-refractivity contribution in [2.45, 2.75) is 18.5 Å². The van der Waals surface area contributed by atoms with E-state index < -0.39 is 0 Å². The largest absolute Gasteiger partial charge is 0.384 e. The summed E-state index contributed by atoms with van der Waals surface area (Å²) in [5.41, 5.74) is 0. The van der Waals surface area contributed by atoms with Gasteiger partial charge in [-0.25, -0.2) is 0 Å². The van der Waals surface area contributed by atoms with E-state index in [1.165, 1.54) is 0 Å². The highest BCUT2D eigenvalue weighted by atomic mass is 15.2. The maximum absolute atomic E-state index is 4.07. The molecule has 2 aliphatic rings. The maximum atomic E-state index is 4.07. The van der Waals surface area contributed by atoms with E-state index in [1.54, 1.807) is 0 Å². The molecule has 0 radical (unpaired) electrons. The fourth-order valence-electron chi connectivity index (χ4n) is 1.22. The molecular formula is C6H9N3. The van der Waals surface area contributed by atoms with Crippen LogP contribution in [0, 0.1) is 0 Å². The van der Waals surface area contributed by atoms with E-state index in [4.69, 9.17) is 0 Å². The van der Waals surface area contributed by atoms with Gasteiger partial charge in [0.2, 0.25) is 0 Å². The van der Waals surface area contributed by atoms with Crippen molar-refractivity contribution < 1.29 is 0 Å². The van der Waals surface area contributed by atoms with E-state index in [1.807, 2.05) is 6.20 Å². The van der Waals surface area contributed by atoms with Crippen LogP contribution in [0.5, 0.6) is 0 Å². The van der Waals surface area contributed by atoms with Crippen molar-refractivity contribution in [1.29, 1.82) is 0 Å². The van der Waals surface area contributed by atoms with Crippen molar-refractivity contribution in [2.75, 3.05) is 6.54 Å². The lowest BCUT2D eigenvalue weighted by Crippen LogP contribution is -2.37. The van der Waals surface area contributed by atoms with Crippen molar-refractivity contribution in [1.82, 2.24) is 5.32 Å². The Hall–Kier alpha value is -0.860. The first kappa shape index (κ1) is 4.97. The maximum Gasteiger partial charge on any atom is 0.0962 e. The van der Waals surface area contributed by atoms with Crippen LogP contribution in [0.1, 0.15) is 6.42 Å². The summed E-state index contributed by atoms with van der Waals surface area (Å²) in [6.07, 6.45) is 5.16. The normalized spacial score (nSPS) is 38.2. The zero-order chi connectivity index (χ0) is 6.10. The van der Waals surface area contributed by atoms with Crippen molar-refractivity contribution in [3.8, 4) is 0 Å². The number of hydrogen-bond donors (Lipinski definition) is 1. The standard InChI is InChI=1S/C6H9N3/c1-2-5-6(7-3-1)4-8-9-5/h1,3,5-7H,2,4H2. The molecule has 0 spiro atoms. The van der Waals surface area contributed by atoms with Gasteiger partial charge < -0.3 is 5.32 Å². The number of azo groups is 1. The van der Waals surface area contributed by atoms with Crippen molar-refractivity contribution >= 4 is 0 Å². The molecule has 0 saturated carbocycles. The zero-order valence-electron chi connectivity index (χ0n) is 5.12. The van der Waals surface area contributed by atoms with Crippen molar-refractivity contribution in [2.24, 2.45) is 10.2 Å². The molecule has 2 atom stereocenters. The van der Waals surface area contributed by atoms with Crippen LogP contribution in [-0.2, 0) is 0 Å². The van der Waals surface area contributed by atoms with Gasteiger partial charge in [0.15, 0.2) is 0 Å². The molecule has 0 aromatic heterocycles. The van der Waals surface area contributed by atoms with Gasteiger partial charge in [0.25, 0.3) is 0 Å². The van der Waals surface area contributed by atoms with Gasteiger partial charge in [-0.2, -0.15) is 10.2 Å². The van der Waals surface area contributed by atoms with Crippen LogP contribution < -0.4 is 5.32 Å². The van der Waals surface area contributed by atoms with Crippen LogP contribution in [0.3, 0.4) is 0 Å². The Balaban J connectivity index is 2.13. The average molecular weight is 123 g/mol. The monoisotopic (exact) mass is 123 g/mol. The molecule has 2 rings (SSSR count). The van der Waals surface area contributed by atoms with Gasteiger partial charge in [0.05, 0.1) is 18.6 Å². The van der Waals surface area contributed by atoms with E-state index >= 15 is 0 Å². The van der Waals surface area contributed by atoms with Crippen molar-refractivity contribution in [3.05, 3.63) is 12.3 Å². The lowest BCUT2D eigenvalue weighted by molar-refractivity contribution is 0.514. The Morgan fingerprint density at radius 2 is 2.56 bits per heavy atom. The molecule has 0 fully saturated rings. The number of hydrogen-bond acceptors (Lipinski definition) is 3. The Kier molecular flexibility index (Phi) is 1.01. The second kappa shape index (κ2) is 1.83. The van der Waals surface area contributed by atoms with Gasteiger partial charge in [-0.1, -0.05) is 6.08 Å². The fourth-order valence-corrected chi connectivity index (χ4v) is 1.22. The molecule has 48 valence electrons. The Labute approximate surface area is 53.9 Å². The van der Waals surface area contributed by atoms with Gasteiger partial charge in [-0.05, 0) is 12.6 Å². The summed E-state index contributed by atoms with van der Waals surface area (Å²) in [6, 6.07) is 0.921. The third-order valence-corrected chi connectivity index (χ3v) is 1.78. The Morgan fingerprint density at radius 1 is 1.56 bits per heavy atom. The number of nitrogens with one attached hydrogen (secondary N) is 1. The Bertz CT molecular complexity index is 162. The summed E-state index contributed by atoms with van der Waals surface area (Å²) in [7, 11) is 0. The minimum atomic E-state index is 0.426. The minimum Gasteiger partial charge on any atom is -0.384 e. The SMILES string of the molecule is C1=CNC2CN=NC2C1. The highest BCUT2D eigenvalue weighted by Gasteiger charge is 2.25. The average Bonchev–Trinajstić information content (AvgIpc) is 2.33.